The summed E-state index contributed by atoms with van der Waals surface area (Å²) in [6.07, 6.45) is -8.82. The molecule has 11 unspecified atom stereocenters. The Morgan fingerprint density at radius 2 is 0.985 bits per heavy atom. The zero-order valence-corrected chi connectivity index (χ0v) is 39.0. The predicted octanol–water partition coefficient (Wildman–Crippen LogP) is 15.0. The molecule has 5 nitrogen and oxygen atoms in total. The summed E-state index contributed by atoms with van der Waals surface area (Å²) >= 11 is 0. The smallest absolute Gasteiger partial charge is 0.374 e. The molecule has 19 heteroatoms. The first-order valence-electron chi connectivity index (χ1n) is 24.2. The molecule has 0 spiro atoms. The molecule has 384 valence electrons. The topological polar surface area (TPSA) is 72.8 Å². The normalized spacial score (nSPS) is 29.4. The van der Waals surface area contributed by atoms with Crippen LogP contribution in [-0.2, 0) is 19.7 Å². The molecule has 0 heterocycles. The maximum Gasteiger partial charge on any atom is 0.426 e. The van der Waals surface area contributed by atoms with Gasteiger partial charge in [0, 0.05) is 7.11 Å². The van der Waals surface area contributed by atoms with Gasteiger partial charge in [0.25, 0.3) is 11.2 Å². The number of aliphatic hydroxyl groups is 1. The van der Waals surface area contributed by atoms with Crippen LogP contribution in [0.15, 0.2) is 0 Å². The number of unbranched alkanes of at least 4 members (excludes halogenated alkanes) is 12. The summed E-state index contributed by atoms with van der Waals surface area (Å²) in [5, 5.41) is 8.80. The number of fused-ring (bicyclic) bond motifs is 4. The highest BCUT2D eigenvalue weighted by atomic mass is 32.3. The standard InChI is InChI=1S/C46H73F13O5S/c1-4-35(65(59,61)62)19-15-11-7-5-9-13-17-21-37-32-24-34(28-42(45(53,54)55,46(56,57)58)64-29-63-3)40(26-32)38(37)22-18-14-10-6-8-12-16-20-36-30(2)39-25-31(36)23-33(39)27-41(60,43(47,48)49)44(50,51)52/h30-40,60H,4-29H2,1-3H3. The first-order chi connectivity index (χ1) is 30.1. The molecule has 0 aromatic heterocycles. The van der Waals surface area contributed by atoms with Crippen molar-refractivity contribution in [2.45, 2.75) is 216 Å². The number of rotatable bonds is 29. The van der Waals surface area contributed by atoms with Gasteiger partial charge in [0.2, 0.25) is 0 Å². The summed E-state index contributed by atoms with van der Waals surface area (Å²) in [6, 6.07) is 0. The Morgan fingerprint density at radius 1 is 0.569 bits per heavy atom. The first kappa shape index (κ1) is 56.5. The predicted molar refractivity (Wildman–Crippen MR) is 220 cm³/mol. The maximum absolute atomic E-state index is 14.3. The number of hydrogen-bond acceptors (Lipinski definition) is 5. The van der Waals surface area contributed by atoms with E-state index in [1.54, 1.807) is 6.92 Å². The molecule has 0 amide bonds. The molecular formula is C46H73F13O5S. The molecule has 0 aliphatic heterocycles. The van der Waals surface area contributed by atoms with E-state index in [1.807, 2.05) is 6.92 Å². The molecule has 11 atom stereocenters. The average Bonchev–Trinajstić information content (AvgIpc) is 3.94. The molecule has 0 saturated heterocycles. The minimum Gasteiger partial charge on any atom is -0.374 e. The van der Waals surface area contributed by atoms with Crippen LogP contribution in [-0.4, -0.2) is 68.6 Å². The van der Waals surface area contributed by atoms with Crippen molar-refractivity contribution in [2.24, 2.45) is 59.2 Å². The molecule has 4 fully saturated rings. The molecule has 4 saturated carbocycles. The first-order valence-corrected chi connectivity index (χ1v) is 25.6. The van der Waals surface area contributed by atoms with Crippen molar-refractivity contribution in [3.05, 3.63) is 0 Å². The van der Waals surface area contributed by atoms with Gasteiger partial charge in [-0.2, -0.15) is 61.1 Å². The molecule has 1 N–H and O–H groups in total. The van der Waals surface area contributed by atoms with Crippen LogP contribution >= 0.6 is 0 Å². The van der Waals surface area contributed by atoms with E-state index in [1.165, 1.54) is 0 Å². The number of ether oxygens (including phenoxy) is 2. The fourth-order valence-corrected chi connectivity index (χ4v) is 14.1. The van der Waals surface area contributed by atoms with Gasteiger partial charge in [0.1, 0.15) is 6.79 Å². The SMILES string of the molecule is CCC(CCCCCCCCCC1C2CC(CC(OCOC)(C(F)(F)F)C(F)(F)F)C(C2)C1CCCCCCCCCC1C2CC(CC(O)(C(F)(F)F)C(F)(F)F)C(C2)C1C)S(=O)(=O)F. The molecule has 4 aliphatic carbocycles. The highest BCUT2D eigenvalue weighted by Crippen LogP contribution is 2.63. The van der Waals surface area contributed by atoms with E-state index in [0.29, 0.717) is 25.7 Å². The molecule has 4 bridgehead atoms. The maximum atomic E-state index is 14.3. The van der Waals surface area contributed by atoms with E-state index in [-0.39, 0.29) is 73.0 Å². The highest BCUT2D eigenvalue weighted by Gasteiger charge is 2.74. The summed E-state index contributed by atoms with van der Waals surface area (Å²) in [5.74, 6) is -1.80. The molecule has 0 aromatic rings. The summed E-state index contributed by atoms with van der Waals surface area (Å²) in [6.45, 7) is 2.39. The third kappa shape index (κ3) is 13.8. The molecule has 4 aliphatic rings. The van der Waals surface area contributed by atoms with E-state index in [4.69, 9.17) is 0 Å². The van der Waals surface area contributed by atoms with Crippen molar-refractivity contribution in [3.8, 4) is 0 Å². The minimum atomic E-state index is -5.81. The lowest BCUT2D eigenvalue weighted by Gasteiger charge is -2.43. The summed E-state index contributed by atoms with van der Waals surface area (Å²) < 4.78 is 211. The van der Waals surface area contributed by atoms with Gasteiger partial charge in [0.15, 0.2) is 0 Å². The Kier molecular flexibility index (Phi) is 20.2. The van der Waals surface area contributed by atoms with Gasteiger partial charge in [0.05, 0.1) is 5.25 Å². The summed E-state index contributed by atoms with van der Waals surface area (Å²) in [7, 11) is -3.58. The van der Waals surface area contributed by atoms with E-state index < -0.39 is 82.9 Å². The second-order valence-electron chi connectivity index (χ2n) is 20.4. The van der Waals surface area contributed by atoms with Gasteiger partial charge < -0.3 is 14.6 Å². The minimum absolute atomic E-state index is 0.00214. The van der Waals surface area contributed by atoms with Crippen molar-refractivity contribution < 1.29 is 79.6 Å². The van der Waals surface area contributed by atoms with Crippen LogP contribution < -0.4 is 0 Å². The molecular weight excluding hydrogens is 912 g/mol. The van der Waals surface area contributed by atoms with Gasteiger partial charge in [-0.25, -0.2) is 0 Å². The molecule has 4 rings (SSSR count). The number of methoxy groups -OCH3 is 1. The Balaban J connectivity index is 1.23. The Morgan fingerprint density at radius 3 is 1.42 bits per heavy atom. The fourth-order valence-electron chi connectivity index (χ4n) is 13.3. The third-order valence-corrected chi connectivity index (χ3v) is 18.0. The lowest BCUT2D eigenvalue weighted by molar-refractivity contribution is -0.397. The zero-order chi connectivity index (χ0) is 48.6. The van der Waals surface area contributed by atoms with Crippen LogP contribution in [0.2, 0.25) is 0 Å². The Bertz CT molecular complexity index is 1500. The second-order valence-corrected chi connectivity index (χ2v) is 22.0. The zero-order valence-electron chi connectivity index (χ0n) is 38.1. The van der Waals surface area contributed by atoms with Crippen LogP contribution in [0, 0.1) is 59.2 Å². The molecule has 0 aromatic carbocycles. The van der Waals surface area contributed by atoms with Crippen molar-refractivity contribution in [2.75, 3.05) is 13.9 Å². The van der Waals surface area contributed by atoms with Crippen LogP contribution in [0.1, 0.15) is 174 Å². The number of halogens is 13. The van der Waals surface area contributed by atoms with Gasteiger partial charge >= 0.3 is 34.9 Å². The van der Waals surface area contributed by atoms with Crippen LogP contribution in [0.4, 0.5) is 56.6 Å². The van der Waals surface area contributed by atoms with Crippen molar-refractivity contribution in [1.29, 1.82) is 0 Å². The summed E-state index contributed by atoms with van der Waals surface area (Å²) in [4.78, 5) is 0. The van der Waals surface area contributed by atoms with E-state index in [2.05, 4.69) is 9.47 Å². The molecule has 0 radical (unpaired) electrons. The quantitative estimate of drug-likeness (QED) is 0.0350. The average molecular weight is 985 g/mol. The largest absolute Gasteiger partial charge is 0.426 e. The third-order valence-electron chi connectivity index (χ3n) is 16.6. The van der Waals surface area contributed by atoms with E-state index in [9.17, 15) is 70.1 Å². The number of alkyl halides is 12. The van der Waals surface area contributed by atoms with E-state index >= 15 is 0 Å². The van der Waals surface area contributed by atoms with Gasteiger partial charge in [-0.15, -0.1) is 3.89 Å². The van der Waals surface area contributed by atoms with Crippen LogP contribution in [0.3, 0.4) is 0 Å². The van der Waals surface area contributed by atoms with Gasteiger partial charge in [-0.05, 0) is 130 Å². The summed E-state index contributed by atoms with van der Waals surface area (Å²) in [5.41, 5.74) is -9.05. The lowest BCUT2D eigenvalue weighted by Crippen LogP contribution is -2.60. The van der Waals surface area contributed by atoms with Gasteiger partial charge in [-0.1, -0.05) is 104 Å². The number of hydrogen-bond donors (Lipinski definition) is 1. The van der Waals surface area contributed by atoms with Crippen LogP contribution in [0.25, 0.3) is 0 Å². The highest BCUT2D eigenvalue weighted by molar-refractivity contribution is 7.87. The second kappa shape index (κ2) is 23.2. The Hall–Kier alpha value is -1.08. The van der Waals surface area contributed by atoms with Crippen molar-refractivity contribution in [3.63, 3.8) is 0 Å². The fraction of sp³-hybridized carbons (Fsp3) is 1.00. The van der Waals surface area contributed by atoms with Crippen LogP contribution in [0.5, 0.6) is 0 Å². The molecule has 65 heavy (non-hydrogen) atoms. The van der Waals surface area contributed by atoms with Crippen molar-refractivity contribution >= 4 is 10.2 Å². The van der Waals surface area contributed by atoms with Gasteiger partial charge in [-0.3, -0.25) is 0 Å². The lowest BCUT2D eigenvalue weighted by atomic mass is 9.67. The van der Waals surface area contributed by atoms with E-state index in [0.717, 1.165) is 103 Å². The monoisotopic (exact) mass is 984 g/mol. The Labute approximate surface area is 377 Å². The van der Waals surface area contributed by atoms with Crippen molar-refractivity contribution in [1.82, 2.24) is 0 Å².